The fourth-order valence-electron chi connectivity index (χ4n) is 8.18. The summed E-state index contributed by atoms with van der Waals surface area (Å²) in [6, 6.07) is 72.9. The van der Waals surface area contributed by atoms with Crippen LogP contribution in [0.3, 0.4) is 0 Å². The van der Waals surface area contributed by atoms with Crippen molar-refractivity contribution >= 4 is 43.4 Å². The molecule has 0 fully saturated rings. The maximum Gasteiger partial charge on any atom is 0.164 e. The fourth-order valence-corrected chi connectivity index (χ4v) is 8.18. The molecule has 0 aliphatic rings. The monoisotopic (exact) mass is 726 g/mol. The molecule has 0 aliphatic carbocycles. The quantitative estimate of drug-likeness (QED) is 0.171. The molecule has 0 amide bonds. The standard InChI is InChI=1S/C53H34N4/c1-2-13-39(14-3-1)51-54-52(56-53(55-51)41-28-23-37(24-29-41)44-30-25-35-11-4-5-15-42(35)33-44)40-26-21-36(22-27-40)43-16-10-17-45(34-43)57-48-20-9-8-19-47(48)50-46-18-7-6-12-38(46)31-32-49(50)57/h1-34H. The average molecular weight is 727 g/mol. The van der Waals surface area contributed by atoms with Gasteiger partial charge < -0.3 is 4.57 Å². The van der Waals surface area contributed by atoms with Crippen LogP contribution in [0.15, 0.2) is 206 Å². The molecule has 9 aromatic carbocycles. The zero-order valence-electron chi connectivity index (χ0n) is 30.9. The molecule has 0 radical (unpaired) electrons. The van der Waals surface area contributed by atoms with Crippen LogP contribution in [0.4, 0.5) is 0 Å². The molecule has 0 saturated carbocycles. The van der Waals surface area contributed by atoms with Gasteiger partial charge in [-0.3, -0.25) is 0 Å². The van der Waals surface area contributed by atoms with E-state index < -0.39 is 0 Å². The molecule has 0 saturated heterocycles. The fraction of sp³-hybridized carbons (Fsp3) is 0. The normalized spacial score (nSPS) is 11.5. The van der Waals surface area contributed by atoms with Crippen molar-refractivity contribution in [2.24, 2.45) is 0 Å². The third-order valence-electron chi connectivity index (χ3n) is 11.0. The first-order valence-electron chi connectivity index (χ1n) is 19.3. The van der Waals surface area contributed by atoms with Crippen LogP contribution in [-0.4, -0.2) is 19.5 Å². The van der Waals surface area contributed by atoms with Crippen molar-refractivity contribution in [3.8, 4) is 62.1 Å². The number of para-hydroxylation sites is 1. The summed E-state index contributed by atoms with van der Waals surface area (Å²) in [5.41, 5.74) is 10.9. The molecule has 11 rings (SSSR count). The molecular weight excluding hydrogens is 693 g/mol. The van der Waals surface area contributed by atoms with Gasteiger partial charge in [-0.25, -0.2) is 15.0 Å². The number of aromatic nitrogens is 4. The lowest BCUT2D eigenvalue weighted by molar-refractivity contribution is 1.07. The number of benzene rings is 9. The zero-order chi connectivity index (χ0) is 37.7. The number of fused-ring (bicyclic) bond motifs is 6. The number of nitrogens with zero attached hydrogens (tertiary/aromatic N) is 4. The Bertz CT molecular complexity index is 3270. The Morgan fingerprint density at radius 1 is 0.281 bits per heavy atom. The second-order valence-corrected chi connectivity index (χ2v) is 14.5. The largest absolute Gasteiger partial charge is 0.309 e. The van der Waals surface area contributed by atoms with E-state index in [1.807, 2.05) is 30.3 Å². The highest BCUT2D eigenvalue weighted by atomic mass is 15.0. The zero-order valence-corrected chi connectivity index (χ0v) is 30.9. The molecule has 266 valence electrons. The molecule has 4 nitrogen and oxygen atoms in total. The summed E-state index contributed by atoms with van der Waals surface area (Å²) >= 11 is 0. The van der Waals surface area contributed by atoms with E-state index in [0.717, 1.165) is 39.1 Å². The summed E-state index contributed by atoms with van der Waals surface area (Å²) in [4.78, 5) is 15.0. The minimum atomic E-state index is 0.635. The van der Waals surface area contributed by atoms with E-state index in [0.29, 0.717) is 17.5 Å². The van der Waals surface area contributed by atoms with Crippen molar-refractivity contribution in [2.75, 3.05) is 0 Å². The summed E-state index contributed by atoms with van der Waals surface area (Å²) < 4.78 is 2.39. The lowest BCUT2D eigenvalue weighted by atomic mass is 10.00. The van der Waals surface area contributed by atoms with Crippen LogP contribution in [0, 0.1) is 0 Å². The minimum Gasteiger partial charge on any atom is -0.309 e. The van der Waals surface area contributed by atoms with Crippen LogP contribution in [-0.2, 0) is 0 Å². The summed E-state index contributed by atoms with van der Waals surface area (Å²) in [6.07, 6.45) is 0. The predicted molar refractivity (Wildman–Crippen MR) is 236 cm³/mol. The first-order chi connectivity index (χ1) is 28.2. The maximum atomic E-state index is 5.05. The van der Waals surface area contributed by atoms with Crippen molar-refractivity contribution in [1.82, 2.24) is 19.5 Å². The van der Waals surface area contributed by atoms with E-state index in [2.05, 4.69) is 180 Å². The molecule has 4 heteroatoms. The van der Waals surface area contributed by atoms with E-state index in [-0.39, 0.29) is 0 Å². The maximum absolute atomic E-state index is 5.05. The Morgan fingerprint density at radius 3 is 1.47 bits per heavy atom. The third-order valence-corrected chi connectivity index (χ3v) is 11.0. The van der Waals surface area contributed by atoms with Crippen LogP contribution in [0.2, 0.25) is 0 Å². The summed E-state index contributed by atoms with van der Waals surface area (Å²) in [7, 11) is 0. The van der Waals surface area contributed by atoms with Gasteiger partial charge in [0.1, 0.15) is 0 Å². The van der Waals surface area contributed by atoms with E-state index in [1.54, 1.807) is 0 Å². The molecule has 2 heterocycles. The van der Waals surface area contributed by atoms with Crippen molar-refractivity contribution in [1.29, 1.82) is 0 Å². The smallest absolute Gasteiger partial charge is 0.164 e. The molecule has 57 heavy (non-hydrogen) atoms. The lowest BCUT2D eigenvalue weighted by Crippen LogP contribution is -2.00. The molecule has 11 aromatic rings. The summed E-state index contributed by atoms with van der Waals surface area (Å²) in [6.45, 7) is 0. The Kier molecular flexibility index (Phi) is 7.78. The van der Waals surface area contributed by atoms with Gasteiger partial charge >= 0.3 is 0 Å². The molecule has 0 aliphatic heterocycles. The molecule has 2 aromatic heterocycles. The molecule has 0 N–H and O–H groups in total. The van der Waals surface area contributed by atoms with Crippen LogP contribution in [0.1, 0.15) is 0 Å². The highest BCUT2D eigenvalue weighted by Crippen LogP contribution is 2.38. The Morgan fingerprint density at radius 2 is 0.772 bits per heavy atom. The molecular formula is C53H34N4. The number of hydrogen-bond acceptors (Lipinski definition) is 3. The second kappa shape index (κ2) is 13.6. The van der Waals surface area contributed by atoms with Gasteiger partial charge in [0, 0.05) is 33.2 Å². The Labute approximate surface area is 330 Å². The molecule has 0 bridgehead atoms. The van der Waals surface area contributed by atoms with Gasteiger partial charge in [0.05, 0.1) is 11.0 Å². The first-order valence-corrected chi connectivity index (χ1v) is 19.3. The molecule has 0 unspecified atom stereocenters. The topological polar surface area (TPSA) is 43.6 Å². The SMILES string of the molecule is c1ccc(-c2nc(-c3ccc(-c4cccc(-n5c6ccccc6c6c7ccccc7ccc65)c4)cc3)nc(-c3ccc(-c4ccc5ccccc5c4)cc3)n2)cc1. The Balaban J connectivity index is 0.955. The van der Waals surface area contributed by atoms with Crippen molar-refractivity contribution in [3.63, 3.8) is 0 Å². The van der Waals surface area contributed by atoms with Gasteiger partial charge in [-0.1, -0.05) is 176 Å². The minimum absolute atomic E-state index is 0.635. The molecule has 0 atom stereocenters. The average Bonchev–Trinajstić information content (AvgIpc) is 3.64. The van der Waals surface area contributed by atoms with Crippen LogP contribution in [0.25, 0.3) is 105 Å². The summed E-state index contributed by atoms with van der Waals surface area (Å²) in [5, 5.41) is 7.52. The van der Waals surface area contributed by atoms with E-state index in [1.165, 1.54) is 48.9 Å². The van der Waals surface area contributed by atoms with Crippen molar-refractivity contribution < 1.29 is 0 Å². The van der Waals surface area contributed by atoms with Crippen molar-refractivity contribution in [3.05, 3.63) is 206 Å². The van der Waals surface area contributed by atoms with Gasteiger partial charge in [-0.2, -0.15) is 0 Å². The highest BCUT2D eigenvalue weighted by molar-refractivity contribution is 6.21. The van der Waals surface area contributed by atoms with Crippen molar-refractivity contribution in [2.45, 2.75) is 0 Å². The van der Waals surface area contributed by atoms with Crippen LogP contribution >= 0.6 is 0 Å². The number of hydrogen-bond donors (Lipinski definition) is 0. The molecule has 0 spiro atoms. The van der Waals surface area contributed by atoms with Gasteiger partial charge in [0.25, 0.3) is 0 Å². The predicted octanol–water partition coefficient (Wildman–Crippen LogP) is 13.6. The Hall–Kier alpha value is -7.69. The van der Waals surface area contributed by atoms with E-state index in [9.17, 15) is 0 Å². The summed E-state index contributed by atoms with van der Waals surface area (Å²) in [5.74, 6) is 1.92. The highest BCUT2D eigenvalue weighted by Gasteiger charge is 2.16. The van der Waals surface area contributed by atoms with Gasteiger partial charge in [-0.05, 0) is 74.1 Å². The van der Waals surface area contributed by atoms with Crippen LogP contribution in [0.5, 0.6) is 0 Å². The van der Waals surface area contributed by atoms with Gasteiger partial charge in [-0.15, -0.1) is 0 Å². The van der Waals surface area contributed by atoms with Crippen LogP contribution < -0.4 is 0 Å². The lowest BCUT2D eigenvalue weighted by Gasteiger charge is -2.12. The first kappa shape index (κ1) is 32.7. The van der Waals surface area contributed by atoms with E-state index in [4.69, 9.17) is 15.0 Å². The van der Waals surface area contributed by atoms with E-state index >= 15 is 0 Å². The second-order valence-electron chi connectivity index (χ2n) is 14.5. The number of rotatable bonds is 6. The van der Waals surface area contributed by atoms with Gasteiger partial charge in [0.2, 0.25) is 0 Å². The van der Waals surface area contributed by atoms with Gasteiger partial charge in [0.15, 0.2) is 17.5 Å². The third kappa shape index (κ3) is 5.83.